The van der Waals surface area contributed by atoms with E-state index in [0.29, 0.717) is 11.3 Å². The molecule has 12 heavy (non-hydrogen) atoms. The topological polar surface area (TPSA) is 38.9 Å². The van der Waals surface area contributed by atoms with Crippen LogP contribution in [0.2, 0.25) is 0 Å². The van der Waals surface area contributed by atoms with Gasteiger partial charge in [0, 0.05) is 18.3 Å². The van der Waals surface area contributed by atoms with Crippen LogP contribution in [0.4, 0.5) is 8.78 Å². The Kier molecular flexibility index (Phi) is 2.70. The normalized spacial score (nSPS) is 10.8. The van der Waals surface area contributed by atoms with Crippen LogP contribution in [0.5, 0.6) is 0 Å². The summed E-state index contributed by atoms with van der Waals surface area (Å²) in [7, 11) is 0. The van der Waals surface area contributed by atoms with Crippen molar-refractivity contribution < 1.29 is 8.78 Å². The number of hydrogen-bond donors (Lipinski definition) is 1. The lowest BCUT2D eigenvalue weighted by molar-refractivity contribution is 0.150. The molecule has 0 atom stereocenters. The summed E-state index contributed by atoms with van der Waals surface area (Å²) in [5.41, 5.74) is 6.28. The standard InChI is InChI=1S/C8H10F2N2/c1-5-4-12-6(3-11)2-7(5)8(9)10/h2,4,8H,3,11H2,1H3. The number of halogens is 2. The van der Waals surface area contributed by atoms with Crippen molar-refractivity contribution >= 4 is 0 Å². The summed E-state index contributed by atoms with van der Waals surface area (Å²) in [6.07, 6.45) is -1.03. The summed E-state index contributed by atoms with van der Waals surface area (Å²) in [5, 5.41) is 0. The van der Waals surface area contributed by atoms with Crippen molar-refractivity contribution in [2.45, 2.75) is 19.9 Å². The summed E-state index contributed by atoms with van der Waals surface area (Å²) in [6.45, 7) is 1.80. The number of hydrogen-bond acceptors (Lipinski definition) is 2. The smallest absolute Gasteiger partial charge is 0.264 e. The first-order valence-corrected chi connectivity index (χ1v) is 3.58. The first-order valence-electron chi connectivity index (χ1n) is 3.58. The zero-order chi connectivity index (χ0) is 9.14. The van der Waals surface area contributed by atoms with Gasteiger partial charge in [0.25, 0.3) is 6.43 Å². The van der Waals surface area contributed by atoms with Gasteiger partial charge in [-0.3, -0.25) is 4.98 Å². The molecule has 0 aliphatic heterocycles. The van der Waals surface area contributed by atoms with Crippen LogP contribution in [-0.2, 0) is 6.54 Å². The average molecular weight is 172 g/mol. The fraction of sp³-hybridized carbons (Fsp3) is 0.375. The van der Waals surface area contributed by atoms with Crippen LogP contribution in [0, 0.1) is 6.92 Å². The number of aromatic nitrogens is 1. The summed E-state index contributed by atoms with van der Waals surface area (Å²) in [4.78, 5) is 3.88. The highest BCUT2D eigenvalue weighted by Crippen LogP contribution is 2.22. The lowest BCUT2D eigenvalue weighted by atomic mass is 10.1. The molecule has 1 heterocycles. The lowest BCUT2D eigenvalue weighted by Crippen LogP contribution is -2.02. The molecule has 0 spiro atoms. The minimum absolute atomic E-state index is 0.0189. The molecule has 0 unspecified atom stereocenters. The maximum absolute atomic E-state index is 12.3. The van der Waals surface area contributed by atoms with Gasteiger partial charge in [0.2, 0.25) is 0 Å². The van der Waals surface area contributed by atoms with Crippen LogP contribution in [0.1, 0.15) is 23.2 Å². The molecule has 2 nitrogen and oxygen atoms in total. The summed E-state index contributed by atoms with van der Waals surface area (Å²) in [5.74, 6) is 0. The maximum atomic E-state index is 12.3. The molecule has 0 aliphatic carbocycles. The molecule has 2 N–H and O–H groups in total. The second-order valence-electron chi connectivity index (χ2n) is 2.54. The predicted molar refractivity (Wildman–Crippen MR) is 41.8 cm³/mol. The monoisotopic (exact) mass is 172 g/mol. The van der Waals surface area contributed by atoms with E-state index in [-0.39, 0.29) is 12.1 Å². The third-order valence-electron chi connectivity index (χ3n) is 1.65. The summed E-state index contributed by atoms with van der Waals surface area (Å²) >= 11 is 0. The Morgan fingerprint density at radius 2 is 2.25 bits per heavy atom. The Balaban J connectivity index is 3.08. The quantitative estimate of drug-likeness (QED) is 0.738. The second kappa shape index (κ2) is 3.58. The first kappa shape index (κ1) is 9.06. The zero-order valence-corrected chi connectivity index (χ0v) is 6.72. The molecular formula is C8H10F2N2. The van der Waals surface area contributed by atoms with E-state index in [1.807, 2.05) is 0 Å². The molecular weight excluding hydrogens is 162 g/mol. The van der Waals surface area contributed by atoms with Gasteiger partial charge in [-0.2, -0.15) is 0 Å². The first-order chi connectivity index (χ1) is 5.65. The number of aryl methyl sites for hydroxylation is 1. The maximum Gasteiger partial charge on any atom is 0.264 e. The highest BCUT2D eigenvalue weighted by Gasteiger charge is 2.10. The van der Waals surface area contributed by atoms with E-state index in [1.165, 1.54) is 12.3 Å². The van der Waals surface area contributed by atoms with Crippen LogP contribution in [-0.4, -0.2) is 4.98 Å². The zero-order valence-electron chi connectivity index (χ0n) is 6.72. The van der Waals surface area contributed by atoms with Crippen molar-refractivity contribution in [2.75, 3.05) is 0 Å². The summed E-state index contributed by atoms with van der Waals surface area (Å²) in [6, 6.07) is 1.35. The molecule has 1 rings (SSSR count). The molecule has 0 radical (unpaired) electrons. The molecule has 0 saturated carbocycles. The molecule has 66 valence electrons. The van der Waals surface area contributed by atoms with Gasteiger partial charge in [0.15, 0.2) is 0 Å². The molecule has 1 aromatic heterocycles. The van der Waals surface area contributed by atoms with E-state index in [2.05, 4.69) is 4.98 Å². The fourth-order valence-corrected chi connectivity index (χ4v) is 0.932. The third-order valence-corrected chi connectivity index (χ3v) is 1.65. The van der Waals surface area contributed by atoms with E-state index < -0.39 is 6.43 Å². The van der Waals surface area contributed by atoms with Crippen molar-refractivity contribution in [1.82, 2.24) is 4.98 Å². The van der Waals surface area contributed by atoms with E-state index in [4.69, 9.17) is 5.73 Å². The average Bonchev–Trinajstić information content (AvgIpc) is 2.05. The van der Waals surface area contributed by atoms with Gasteiger partial charge < -0.3 is 5.73 Å². The molecule has 0 aliphatic rings. The van der Waals surface area contributed by atoms with Crippen molar-refractivity contribution in [2.24, 2.45) is 5.73 Å². The van der Waals surface area contributed by atoms with Gasteiger partial charge >= 0.3 is 0 Å². The van der Waals surface area contributed by atoms with Crippen LogP contribution < -0.4 is 5.73 Å². The van der Waals surface area contributed by atoms with E-state index in [0.717, 1.165) is 0 Å². The SMILES string of the molecule is Cc1cnc(CN)cc1C(F)F. The molecule has 1 aromatic rings. The van der Waals surface area contributed by atoms with Crippen molar-refractivity contribution in [3.05, 3.63) is 29.1 Å². The fourth-order valence-electron chi connectivity index (χ4n) is 0.932. The Hall–Kier alpha value is -1.03. The molecule has 0 bridgehead atoms. The van der Waals surface area contributed by atoms with Gasteiger partial charge in [-0.15, -0.1) is 0 Å². The van der Waals surface area contributed by atoms with Crippen molar-refractivity contribution in [3.63, 3.8) is 0 Å². The molecule has 4 heteroatoms. The van der Waals surface area contributed by atoms with Crippen LogP contribution in [0.3, 0.4) is 0 Å². The molecule has 0 aromatic carbocycles. The van der Waals surface area contributed by atoms with Crippen molar-refractivity contribution in [3.8, 4) is 0 Å². The van der Waals surface area contributed by atoms with Gasteiger partial charge in [-0.05, 0) is 18.6 Å². The van der Waals surface area contributed by atoms with Crippen LogP contribution in [0.15, 0.2) is 12.3 Å². The Bertz CT molecular complexity index is 274. The van der Waals surface area contributed by atoms with Gasteiger partial charge in [-0.25, -0.2) is 8.78 Å². The molecule has 0 amide bonds. The number of rotatable bonds is 2. The Labute approximate surface area is 69.4 Å². The van der Waals surface area contributed by atoms with E-state index in [1.54, 1.807) is 6.92 Å². The number of nitrogens with two attached hydrogens (primary N) is 1. The lowest BCUT2D eigenvalue weighted by Gasteiger charge is -2.05. The predicted octanol–water partition coefficient (Wildman–Crippen LogP) is 1.79. The van der Waals surface area contributed by atoms with Crippen LogP contribution in [0.25, 0.3) is 0 Å². The number of alkyl halides is 2. The Morgan fingerprint density at radius 1 is 1.58 bits per heavy atom. The molecule has 0 fully saturated rings. The largest absolute Gasteiger partial charge is 0.325 e. The van der Waals surface area contributed by atoms with Crippen molar-refractivity contribution in [1.29, 1.82) is 0 Å². The summed E-state index contributed by atoms with van der Waals surface area (Å²) < 4.78 is 24.6. The van der Waals surface area contributed by atoms with E-state index >= 15 is 0 Å². The van der Waals surface area contributed by atoms with Gasteiger partial charge in [-0.1, -0.05) is 0 Å². The van der Waals surface area contributed by atoms with Gasteiger partial charge in [0.1, 0.15) is 0 Å². The number of pyridine rings is 1. The Morgan fingerprint density at radius 3 is 2.75 bits per heavy atom. The second-order valence-corrected chi connectivity index (χ2v) is 2.54. The third kappa shape index (κ3) is 1.76. The van der Waals surface area contributed by atoms with Crippen LogP contribution >= 0.6 is 0 Å². The number of nitrogens with zero attached hydrogens (tertiary/aromatic N) is 1. The van der Waals surface area contributed by atoms with E-state index in [9.17, 15) is 8.78 Å². The van der Waals surface area contributed by atoms with Gasteiger partial charge in [0.05, 0.1) is 5.69 Å². The minimum atomic E-state index is -2.45. The highest BCUT2D eigenvalue weighted by atomic mass is 19.3. The molecule has 0 saturated heterocycles. The highest BCUT2D eigenvalue weighted by molar-refractivity contribution is 5.26. The minimum Gasteiger partial charge on any atom is -0.325 e.